The highest BCUT2D eigenvalue weighted by molar-refractivity contribution is 5.83. The molecule has 1 amide bonds. The zero-order valence-electron chi connectivity index (χ0n) is 17.1. The molecule has 0 atom stereocenters. The Morgan fingerprint density at radius 1 is 1.19 bits per heavy atom. The van der Waals surface area contributed by atoms with Crippen LogP contribution in [0.25, 0.3) is 0 Å². The van der Waals surface area contributed by atoms with Crippen LogP contribution in [0.1, 0.15) is 23.2 Å². The highest BCUT2D eigenvalue weighted by atomic mass is 19.1. The van der Waals surface area contributed by atoms with Gasteiger partial charge in [-0.1, -0.05) is 12.1 Å². The Morgan fingerprint density at radius 2 is 1.97 bits per heavy atom. The van der Waals surface area contributed by atoms with Gasteiger partial charge in [-0.15, -0.1) is 0 Å². The summed E-state index contributed by atoms with van der Waals surface area (Å²) < 4.78 is 24.0. The van der Waals surface area contributed by atoms with Gasteiger partial charge in [-0.3, -0.25) is 14.6 Å². The number of hydrogen-bond acceptors (Lipinski definition) is 7. The number of carbonyl (C=O) groups is 1. The monoisotopic (exact) mass is 441 g/mol. The summed E-state index contributed by atoms with van der Waals surface area (Å²) in [4.78, 5) is 36.4. The quantitative estimate of drug-likeness (QED) is 0.338. The summed E-state index contributed by atoms with van der Waals surface area (Å²) >= 11 is 0. The molecule has 3 aromatic rings. The van der Waals surface area contributed by atoms with Gasteiger partial charge < -0.3 is 9.47 Å². The van der Waals surface area contributed by atoms with Crippen LogP contribution >= 0.6 is 0 Å². The SMILES string of the molecule is COc1cc(C=NNC(=O)CCc2n[nH]c(=O)[nH]c2=O)ccc1OCc1ccc(F)cc1. The first-order valence-corrected chi connectivity index (χ1v) is 9.49. The lowest BCUT2D eigenvalue weighted by Gasteiger charge is -2.11. The van der Waals surface area contributed by atoms with Gasteiger partial charge in [-0.25, -0.2) is 19.7 Å². The average Bonchev–Trinajstić information content (AvgIpc) is 2.78. The molecule has 0 aliphatic heterocycles. The summed E-state index contributed by atoms with van der Waals surface area (Å²) in [7, 11) is 1.50. The number of ether oxygens (including phenoxy) is 2. The fourth-order valence-corrected chi connectivity index (χ4v) is 2.63. The van der Waals surface area contributed by atoms with Crippen LogP contribution in [-0.2, 0) is 17.8 Å². The number of aromatic nitrogens is 3. The third-order valence-electron chi connectivity index (χ3n) is 4.27. The van der Waals surface area contributed by atoms with E-state index in [0.29, 0.717) is 17.1 Å². The van der Waals surface area contributed by atoms with Crippen LogP contribution in [0.2, 0.25) is 0 Å². The van der Waals surface area contributed by atoms with Crippen molar-refractivity contribution in [2.24, 2.45) is 5.10 Å². The highest BCUT2D eigenvalue weighted by Crippen LogP contribution is 2.28. The van der Waals surface area contributed by atoms with Crippen LogP contribution in [-0.4, -0.2) is 34.4 Å². The van der Waals surface area contributed by atoms with Gasteiger partial charge in [0.1, 0.15) is 18.1 Å². The van der Waals surface area contributed by atoms with Crippen molar-refractivity contribution in [3.63, 3.8) is 0 Å². The zero-order chi connectivity index (χ0) is 22.9. The highest BCUT2D eigenvalue weighted by Gasteiger charge is 2.08. The van der Waals surface area contributed by atoms with E-state index in [-0.39, 0.29) is 31.0 Å². The molecule has 10 nitrogen and oxygen atoms in total. The Labute approximate surface area is 181 Å². The Hall–Kier alpha value is -4.28. The van der Waals surface area contributed by atoms with E-state index in [1.54, 1.807) is 30.3 Å². The van der Waals surface area contributed by atoms with Gasteiger partial charge in [0.05, 0.1) is 13.3 Å². The van der Waals surface area contributed by atoms with E-state index >= 15 is 0 Å². The Kier molecular flexibility index (Phi) is 7.46. The van der Waals surface area contributed by atoms with Crippen LogP contribution < -0.4 is 26.1 Å². The molecule has 1 heterocycles. The molecule has 0 radical (unpaired) electrons. The predicted molar refractivity (Wildman–Crippen MR) is 113 cm³/mol. The van der Waals surface area contributed by atoms with Crippen molar-refractivity contribution >= 4 is 12.1 Å². The van der Waals surface area contributed by atoms with Gasteiger partial charge in [0.25, 0.3) is 5.56 Å². The Morgan fingerprint density at radius 3 is 2.69 bits per heavy atom. The normalized spacial score (nSPS) is 10.8. The van der Waals surface area contributed by atoms with Crippen LogP contribution in [0.15, 0.2) is 57.2 Å². The lowest BCUT2D eigenvalue weighted by atomic mass is 10.2. The third kappa shape index (κ3) is 6.36. The van der Waals surface area contributed by atoms with Crippen molar-refractivity contribution in [2.75, 3.05) is 7.11 Å². The first-order chi connectivity index (χ1) is 15.4. The number of H-pyrrole nitrogens is 2. The Balaban J connectivity index is 1.53. The fourth-order valence-electron chi connectivity index (χ4n) is 2.63. The molecule has 1 aromatic heterocycles. The van der Waals surface area contributed by atoms with Gasteiger partial charge in [0, 0.05) is 12.8 Å². The van der Waals surface area contributed by atoms with Crippen LogP contribution in [0.5, 0.6) is 11.5 Å². The van der Waals surface area contributed by atoms with Gasteiger partial charge in [0.15, 0.2) is 11.5 Å². The molecule has 166 valence electrons. The number of aromatic amines is 2. The third-order valence-corrected chi connectivity index (χ3v) is 4.27. The maximum absolute atomic E-state index is 13.0. The van der Waals surface area contributed by atoms with Crippen LogP contribution in [0.4, 0.5) is 4.39 Å². The standard InChI is InChI=1S/C21H20FN5O5/c1-31-18-10-14(4-8-17(18)32-12-13-2-5-15(22)6-3-13)11-23-26-19(28)9-7-16-20(29)24-21(30)27-25-16/h2-6,8,10-11H,7,9,12H2,1H3,(H,26,28)(H2,24,27,29,30). The average molecular weight is 441 g/mol. The molecule has 2 aromatic carbocycles. The van der Waals surface area contributed by atoms with E-state index in [1.807, 2.05) is 4.98 Å². The maximum Gasteiger partial charge on any atom is 0.342 e. The summed E-state index contributed by atoms with van der Waals surface area (Å²) in [6.45, 7) is 0.243. The number of hydrogen-bond donors (Lipinski definition) is 3. The Bertz CT molecular complexity index is 1220. The molecule has 0 bridgehead atoms. The summed E-state index contributed by atoms with van der Waals surface area (Å²) in [6, 6.07) is 11.1. The molecular weight excluding hydrogens is 421 g/mol. The van der Waals surface area contributed by atoms with Crippen molar-refractivity contribution in [2.45, 2.75) is 19.4 Å². The van der Waals surface area contributed by atoms with Gasteiger partial charge >= 0.3 is 5.69 Å². The summed E-state index contributed by atoms with van der Waals surface area (Å²) in [5.41, 5.74) is 2.50. The number of benzene rings is 2. The molecule has 0 saturated carbocycles. The minimum atomic E-state index is -0.713. The molecule has 0 unspecified atom stereocenters. The van der Waals surface area contributed by atoms with Crippen LogP contribution in [0.3, 0.4) is 0 Å². The number of nitrogens with one attached hydrogen (secondary N) is 3. The van der Waals surface area contributed by atoms with E-state index < -0.39 is 17.2 Å². The maximum atomic E-state index is 13.0. The number of halogens is 1. The largest absolute Gasteiger partial charge is 0.493 e. The van der Waals surface area contributed by atoms with Gasteiger partial charge in [-0.2, -0.15) is 10.2 Å². The van der Waals surface area contributed by atoms with E-state index in [9.17, 15) is 18.8 Å². The van der Waals surface area contributed by atoms with Gasteiger partial charge in [0.2, 0.25) is 5.91 Å². The lowest BCUT2D eigenvalue weighted by Crippen LogP contribution is -2.28. The molecule has 0 fully saturated rings. The van der Waals surface area contributed by atoms with Crippen molar-refractivity contribution in [3.8, 4) is 11.5 Å². The number of hydrazone groups is 1. The minimum Gasteiger partial charge on any atom is -0.493 e. The predicted octanol–water partition coefficient (Wildman–Crippen LogP) is 1.27. The summed E-state index contributed by atoms with van der Waals surface area (Å²) in [5.74, 6) is 0.214. The molecule has 0 aliphatic rings. The van der Waals surface area contributed by atoms with E-state index in [0.717, 1.165) is 5.56 Å². The lowest BCUT2D eigenvalue weighted by molar-refractivity contribution is -0.121. The number of aryl methyl sites for hydroxylation is 1. The first kappa shape index (κ1) is 22.4. The van der Waals surface area contributed by atoms with E-state index in [1.165, 1.54) is 25.5 Å². The van der Waals surface area contributed by atoms with Crippen molar-refractivity contribution in [3.05, 3.63) is 85.9 Å². The second kappa shape index (κ2) is 10.7. The van der Waals surface area contributed by atoms with E-state index in [2.05, 4.69) is 20.7 Å². The molecule has 0 aliphatic carbocycles. The zero-order valence-corrected chi connectivity index (χ0v) is 17.1. The molecule has 3 N–H and O–H groups in total. The summed E-state index contributed by atoms with van der Waals surface area (Å²) in [6.07, 6.45) is 1.43. The fraction of sp³-hybridized carbons (Fsp3) is 0.190. The van der Waals surface area contributed by atoms with E-state index in [4.69, 9.17) is 9.47 Å². The van der Waals surface area contributed by atoms with Crippen molar-refractivity contribution in [1.82, 2.24) is 20.6 Å². The molecular formula is C21H20FN5O5. The van der Waals surface area contributed by atoms with Crippen molar-refractivity contribution < 1.29 is 18.7 Å². The number of nitrogens with zero attached hydrogens (tertiary/aromatic N) is 2. The first-order valence-electron chi connectivity index (χ1n) is 9.49. The second-order valence-corrected chi connectivity index (χ2v) is 6.57. The number of rotatable bonds is 9. The van der Waals surface area contributed by atoms with Crippen LogP contribution in [0, 0.1) is 5.82 Å². The molecule has 0 spiro atoms. The molecule has 32 heavy (non-hydrogen) atoms. The minimum absolute atomic E-state index is 0.0427. The van der Waals surface area contributed by atoms with Gasteiger partial charge in [-0.05, 0) is 41.5 Å². The molecule has 11 heteroatoms. The smallest absolute Gasteiger partial charge is 0.342 e. The summed E-state index contributed by atoms with van der Waals surface area (Å²) in [5, 5.41) is 9.58. The molecule has 0 saturated heterocycles. The molecule has 3 rings (SSSR count). The number of carbonyl (C=O) groups excluding carboxylic acids is 1. The second-order valence-electron chi connectivity index (χ2n) is 6.57. The number of amides is 1. The number of methoxy groups -OCH3 is 1. The topological polar surface area (TPSA) is 139 Å². The van der Waals surface area contributed by atoms with Crippen molar-refractivity contribution in [1.29, 1.82) is 0 Å².